The van der Waals surface area contributed by atoms with Gasteiger partial charge in [-0.15, -0.1) is 0 Å². The summed E-state index contributed by atoms with van der Waals surface area (Å²) >= 11 is 0. The molecule has 15 heavy (non-hydrogen) atoms. The van der Waals surface area contributed by atoms with E-state index in [1.165, 1.54) is 25.0 Å². The van der Waals surface area contributed by atoms with E-state index in [4.69, 9.17) is 4.74 Å². The van der Waals surface area contributed by atoms with Crippen LogP contribution in [0.3, 0.4) is 0 Å². The van der Waals surface area contributed by atoms with E-state index in [2.05, 4.69) is 23.7 Å². The zero-order chi connectivity index (χ0) is 11.3. The van der Waals surface area contributed by atoms with Crippen LogP contribution in [-0.4, -0.2) is 50.8 Å². The molecule has 0 aromatic carbocycles. The Labute approximate surface area is 93.5 Å². The van der Waals surface area contributed by atoms with Crippen molar-refractivity contribution < 1.29 is 4.74 Å². The summed E-state index contributed by atoms with van der Waals surface area (Å²) in [5.41, 5.74) is 1.29. The Morgan fingerprint density at radius 2 is 2.33 bits per heavy atom. The first-order valence-corrected chi connectivity index (χ1v) is 5.68. The maximum absolute atomic E-state index is 5.56. The number of rotatable bonds is 5. The SMILES string of the molecule is C=C(CNC)CN1CCCC(C)(OC)C1. The van der Waals surface area contributed by atoms with Crippen molar-refractivity contribution in [2.24, 2.45) is 0 Å². The Kier molecular flexibility index (Phi) is 4.77. The molecule has 3 nitrogen and oxygen atoms in total. The van der Waals surface area contributed by atoms with Gasteiger partial charge in [-0.3, -0.25) is 4.90 Å². The second-order valence-electron chi connectivity index (χ2n) is 4.75. The minimum Gasteiger partial charge on any atom is -0.377 e. The van der Waals surface area contributed by atoms with Crippen LogP contribution < -0.4 is 5.32 Å². The van der Waals surface area contributed by atoms with Gasteiger partial charge in [0.15, 0.2) is 0 Å². The van der Waals surface area contributed by atoms with Gasteiger partial charge in [-0.25, -0.2) is 0 Å². The quantitative estimate of drug-likeness (QED) is 0.694. The lowest BCUT2D eigenvalue weighted by Gasteiger charge is -2.39. The minimum absolute atomic E-state index is 0.0399. The summed E-state index contributed by atoms with van der Waals surface area (Å²) in [6, 6.07) is 0. The van der Waals surface area contributed by atoms with Crippen molar-refractivity contribution in [3.05, 3.63) is 12.2 Å². The van der Waals surface area contributed by atoms with Crippen LogP contribution in [0.2, 0.25) is 0 Å². The van der Waals surface area contributed by atoms with Crippen LogP contribution in [0.4, 0.5) is 0 Å². The number of ether oxygens (including phenoxy) is 1. The van der Waals surface area contributed by atoms with Crippen LogP contribution in [0.5, 0.6) is 0 Å². The highest BCUT2D eigenvalue weighted by Crippen LogP contribution is 2.23. The third-order valence-electron chi connectivity index (χ3n) is 3.10. The van der Waals surface area contributed by atoms with Crippen LogP contribution in [0.1, 0.15) is 19.8 Å². The van der Waals surface area contributed by atoms with Crippen molar-refractivity contribution in [3.8, 4) is 0 Å². The van der Waals surface area contributed by atoms with Gasteiger partial charge in [0.25, 0.3) is 0 Å². The number of methoxy groups -OCH3 is 1. The van der Waals surface area contributed by atoms with Gasteiger partial charge >= 0.3 is 0 Å². The number of likely N-dealkylation sites (N-methyl/N-ethyl adjacent to an activating group) is 1. The fraction of sp³-hybridized carbons (Fsp3) is 0.833. The lowest BCUT2D eigenvalue weighted by atomic mass is 9.94. The van der Waals surface area contributed by atoms with Crippen LogP contribution in [-0.2, 0) is 4.74 Å². The number of nitrogens with one attached hydrogen (secondary N) is 1. The molecule has 0 aliphatic carbocycles. The third kappa shape index (κ3) is 3.93. The molecule has 1 N–H and O–H groups in total. The molecular formula is C12H24N2O. The second kappa shape index (κ2) is 5.64. The van der Waals surface area contributed by atoms with Crippen LogP contribution in [0, 0.1) is 0 Å². The molecule has 0 aromatic heterocycles. The molecule has 0 spiro atoms. The van der Waals surface area contributed by atoms with Gasteiger partial charge in [0.2, 0.25) is 0 Å². The molecule has 0 bridgehead atoms. The number of hydrogen-bond donors (Lipinski definition) is 1. The first-order chi connectivity index (χ1) is 7.09. The largest absolute Gasteiger partial charge is 0.377 e. The number of nitrogens with zero attached hydrogens (tertiary/aromatic N) is 1. The maximum Gasteiger partial charge on any atom is 0.0777 e. The Morgan fingerprint density at radius 1 is 1.60 bits per heavy atom. The van der Waals surface area contributed by atoms with Gasteiger partial charge in [0.1, 0.15) is 0 Å². The summed E-state index contributed by atoms with van der Waals surface area (Å²) in [7, 11) is 3.77. The van der Waals surface area contributed by atoms with E-state index in [1.807, 2.05) is 14.2 Å². The zero-order valence-electron chi connectivity index (χ0n) is 10.3. The summed E-state index contributed by atoms with van der Waals surface area (Å²) in [4.78, 5) is 2.44. The van der Waals surface area contributed by atoms with Gasteiger partial charge in [-0.2, -0.15) is 0 Å². The van der Waals surface area contributed by atoms with Gasteiger partial charge < -0.3 is 10.1 Å². The van der Waals surface area contributed by atoms with Gasteiger partial charge in [-0.05, 0) is 38.9 Å². The fourth-order valence-electron chi connectivity index (χ4n) is 2.23. The molecule has 1 atom stereocenters. The standard InChI is InChI=1S/C12H24N2O/c1-11(8-13-3)9-14-7-5-6-12(2,10-14)15-4/h13H,1,5-10H2,2-4H3. The van der Waals surface area contributed by atoms with Crippen molar-refractivity contribution >= 4 is 0 Å². The van der Waals surface area contributed by atoms with Crippen molar-refractivity contribution in [1.29, 1.82) is 0 Å². The monoisotopic (exact) mass is 212 g/mol. The molecular weight excluding hydrogens is 188 g/mol. The van der Waals surface area contributed by atoms with E-state index in [0.717, 1.165) is 19.6 Å². The molecule has 1 aliphatic heterocycles. The van der Waals surface area contributed by atoms with Crippen LogP contribution in [0.25, 0.3) is 0 Å². The summed E-state index contributed by atoms with van der Waals surface area (Å²) in [5.74, 6) is 0. The minimum atomic E-state index is 0.0399. The van der Waals surface area contributed by atoms with E-state index in [9.17, 15) is 0 Å². The smallest absolute Gasteiger partial charge is 0.0777 e. The molecule has 1 fully saturated rings. The summed E-state index contributed by atoms with van der Waals surface area (Å²) in [5, 5.41) is 3.13. The van der Waals surface area contributed by atoms with Crippen molar-refractivity contribution in [1.82, 2.24) is 10.2 Å². The van der Waals surface area contributed by atoms with E-state index >= 15 is 0 Å². The Hall–Kier alpha value is -0.380. The highest BCUT2D eigenvalue weighted by molar-refractivity contribution is 5.01. The number of piperidine rings is 1. The molecule has 1 saturated heterocycles. The highest BCUT2D eigenvalue weighted by Gasteiger charge is 2.30. The molecule has 88 valence electrons. The first kappa shape index (κ1) is 12.7. The molecule has 1 aliphatic rings. The molecule has 3 heteroatoms. The Bertz CT molecular complexity index is 218. The molecule has 0 amide bonds. The predicted molar refractivity (Wildman–Crippen MR) is 64.2 cm³/mol. The van der Waals surface area contributed by atoms with Crippen molar-refractivity contribution in [3.63, 3.8) is 0 Å². The molecule has 0 radical (unpaired) electrons. The fourth-order valence-corrected chi connectivity index (χ4v) is 2.23. The van der Waals surface area contributed by atoms with Gasteiger partial charge in [0, 0.05) is 26.7 Å². The normalized spacial score (nSPS) is 27.9. The highest BCUT2D eigenvalue weighted by atomic mass is 16.5. The number of hydrogen-bond acceptors (Lipinski definition) is 3. The first-order valence-electron chi connectivity index (χ1n) is 5.68. The summed E-state index contributed by atoms with van der Waals surface area (Å²) < 4.78 is 5.56. The van der Waals surface area contributed by atoms with Crippen molar-refractivity contribution in [2.45, 2.75) is 25.4 Å². The van der Waals surface area contributed by atoms with Crippen LogP contribution >= 0.6 is 0 Å². The molecule has 0 saturated carbocycles. The molecule has 1 rings (SSSR count). The third-order valence-corrected chi connectivity index (χ3v) is 3.10. The van der Waals surface area contributed by atoms with Gasteiger partial charge in [0.05, 0.1) is 5.60 Å². The molecule has 0 aromatic rings. The second-order valence-corrected chi connectivity index (χ2v) is 4.75. The van der Waals surface area contributed by atoms with Crippen molar-refractivity contribution in [2.75, 3.05) is 40.3 Å². The zero-order valence-corrected chi connectivity index (χ0v) is 10.3. The number of likely N-dealkylation sites (tertiary alicyclic amines) is 1. The van der Waals surface area contributed by atoms with E-state index < -0.39 is 0 Å². The predicted octanol–water partition coefficient (Wildman–Crippen LogP) is 1.26. The van der Waals surface area contributed by atoms with E-state index in [-0.39, 0.29) is 5.60 Å². The van der Waals surface area contributed by atoms with Gasteiger partial charge in [-0.1, -0.05) is 6.58 Å². The topological polar surface area (TPSA) is 24.5 Å². The lowest BCUT2D eigenvalue weighted by Crippen LogP contribution is -2.48. The lowest BCUT2D eigenvalue weighted by molar-refractivity contribution is -0.0484. The summed E-state index contributed by atoms with van der Waals surface area (Å²) in [6.07, 6.45) is 2.38. The molecule has 1 unspecified atom stereocenters. The maximum atomic E-state index is 5.56. The Morgan fingerprint density at radius 3 is 2.93 bits per heavy atom. The molecule has 1 heterocycles. The van der Waals surface area contributed by atoms with E-state index in [1.54, 1.807) is 0 Å². The van der Waals surface area contributed by atoms with Crippen LogP contribution in [0.15, 0.2) is 12.2 Å². The average molecular weight is 212 g/mol. The van der Waals surface area contributed by atoms with E-state index in [0.29, 0.717) is 0 Å². The Balaban J connectivity index is 2.39. The summed E-state index contributed by atoms with van der Waals surface area (Å²) in [6.45, 7) is 10.3. The average Bonchev–Trinajstić information content (AvgIpc) is 2.18.